The third kappa shape index (κ3) is 6.80. The number of hydrogen-bond donors (Lipinski definition) is 2. The van der Waals surface area contributed by atoms with Crippen LogP contribution < -0.4 is 15.8 Å². The molecule has 2 rings (SSSR count). The number of amides is 1. The van der Waals surface area contributed by atoms with E-state index < -0.39 is 0 Å². The second-order valence-corrected chi connectivity index (χ2v) is 6.23. The lowest BCUT2D eigenvalue weighted by molar-refractivity contribution is 0.0938. The summed E-state index contributed by atoms with van der Waals surface area (Å²) in [5.41, 5.74) is 7.21. The molecule has 6 heteroatoms. The van der Waals surface area contributed by atoms with E-state index in [9.17, 15) is 4.79 Å². The van der Waals surface area contributed by atoms with Crippen molar-refractivity contribution in [2.75, 3.05) is 0 Å². The van der Waals surface area contributed by atoms with Crippen LogP contribution in [0.3, 0.4) is 0 Å². The number of carbonyl (C=O) groups excluding carboxylic acids is 1. The van der Waals surface area contributed by atoms with Crippen molar-refractivity contribution < 1.29 is 13.9 Å². The van der Waals surface area contributed by atoms with Crippen LogP contribution in [0.1, 0.15) is 48.9 Å². The molecule has 0 aliphatic rings. The van der Waals surface area contributed by atoms with Gasteiger partial charge in [0.15, 0.2) is 0 Å². The second kappa shape index (κ2) is 10.1. The van der Waals surface area contributed by atoms with Crippen molar-refractivity contribution in [3.63, 3.8) is 0 Å². The van der Waals surface area contributed by atoms with Gasteiger partial charge in [0, 0.05) is 6.04 Å². The summed E-state index contributed by atoms with van der Waals surface area (Å²) < 4.78 is 10.8. The molecule has 0 spiro atoms. The summed E-state index contributed by atoms with van der Waals surface area (Å²) in [6.45, 7) is 6.31. The summed E-state index contributed by atoms with van der Waals surface area (Å²) in [6.07, 6.45) is 3.37. The van der Waals surface area contributed by atoms with Gasteiger partial charge in [-0.05, 0) is 57.4 Å². The largest absolute Gasteiger partial charge is 0.491 e. The number of nitrogens with two attached hydrogens (primary N) is 1. The molecule has 1 atom stereocenters. The van der Waals surface area contributed by atoms with Gasteiger partial charge in [-0.15, -0.1) is 12.4 Å². The number of hydrogen-bond acceptors (Lipinski definition) is 4. The molecule has 0 aliphatic carbocycles. The van der Waals surface area contributed by atoms with Crippen LogP contribution in [-0.4, -0.2) is 18.1 Å². The van der Waals surface area contributed by atoms with E-state index in [1.54, 1.807) is 6.07 Å². The molecule has 25 heavy (non-hydrogen) atoms. The van der Waals surface area contributed by atoms with Crippen molar-refractivity contribution in [3.05, 3.63) is 53.5 Å². The molecule has 5 nitrogen and oxygen atoms in total. The molecule has 0 aliphatic heterocycles. The Bertz CT molecular complexity index is 653. The maximum absolute atomic E-state index is 12.1. The van der Waals surface area contributed by atoms with E-state index >= 15 is 0 Å². The first-order valence-electron chi connectivity index (χ1n) is 8.32. The zero-order valence-electron chi connectivity index (χ0n) is 15.0. The van der Waals surface area contributed by atoms with Crippen LogP contribution in [0.5, 0.6) is 5.75 Å². The van der Waals surface area contributed by atoms with Crippen molar-refractivity contribution in [1.82, 2.24) is 5.32 Å². The van der Waals surface area contributed by atoms with E-state index in [-0.39, 0.29) is 30.5 Å². The van der Waals surface area contributed by atoms with Gasteiger partial charge in [0.1, 0.15) is 17.8 Å². The van der Waals surface area contributed by atoms with Crippen LogP contribution in [0, 0.1) is 0 Å². The normalized spacial score (nSPS) is 11.7. The number of benzene rings is 1. The van der Waals surface area contributed by atoms with E-state index in [2.05, 4.69) is 17.4 Å². The summed E-state index contributed by atoms with van der Waals surface area (Å²) in [7, 11) is 0. The van der Waals surface area contributed by atoms with E-state index in [4.69, 9.17) is 14.9 Å². The van der Waals surface area contributed by atoms with Gasteiger partial charge >= 0.3 is 0 Å². The fourth-order valence-corrected chi connectivity index (χ4v) is 2.38. The highest BCUT2D eigenvalue weighted by Gasteiger charge is 2.12. The van der Waals surface area contributed by atoms with Crippen LogP contribution in [0.4, 0.5) is 0 Å². The maximum atomic E-state index is 12.1. The molecule has 1 amide bonds. The van der Waals surface area contributed by atoms with Gasteiger partial charge in [0.05, 0.1) is 18.2 Å². The monoisotopic (exact) mass is 366 g/mol. The lowest BCUT2D eigenvalue weighted by atomic mass is 10.1. The van der Waals surface area contributed by atoms with Crippen molar-refractivity contribution >= 4 is 18.3 Å². The quantitative estimate of drug-likeness (QED) is 0.746. The summed E-state index contributed by atoms with van der Waals surface area (Å²) in [6, 6.07) is 9.85. The van der Waals surface area contributed by atoms with Crippen LogP contribution in [0.15, 0.2) is 41.0 Å². The topological polar surface area (TPSA) is 77.5 Å². The standard InChI is InChI=1S/C19H26N2O3.ClH/c1-13(2)24-17-8-6-15(7-9-17)5-4-14(3)21-19(22)16-10-18(11-20)23-12-16;/h6-10,12-14H,4-5,11,20H2,1-3H3,(H,21,22);1H. The molecule has 1 aromatic carbocycles. The van der Waals surface area contributed by atoms with Gasteiger partial charge in [-0.1, -0.05) is 12.1 Å². The molecule has 0 saturated heterocycles. The van der Waals surface area contributed by atoms with E-state index in [1.165, 1.54) is 11.8 Å². The second-order valence-electron chi connectivity index (χ2n) is 6.23. The Morgan fingerprint density at radius 2 is 1.92 bits per heavy atom. The van der Waals surface area contributed by atoms with Gasteiger partial charge in [0.2, 0.25) is 0 Å². The zero-order valence-corrected chi connectivity index (χ0v) is 15.8. The van der Waals surface area contributed by atoms with Crippen LogP contribution in [-0.2, 0) is 13.0 Å². The van der Waals surface area contributed by atoms with Crippen molar-refractivity contribution in [1.29, 1.82) is 0 Å². The van der Waals surface area contributed by atoms with Gasteiger partial charge in [-0.2, -0.15) is 0 Å². The Morgan fingerprint density at radius 1 is 1.24 bits per heavy atom. The van der Waals surface area contributed by atoms with Crippen LogP contribution in [0.2, 0.25) is 0 Å². The maximum Gasteiger partial charge on any atom is 0.254 e. The van der Waals surface area contributed by atoms with Crippen molar-refractivity contribution in [2.45, 2.75) is 52.3 Å². The molecule has 138 valence electrons. The average Bonchev–Trinajstić information content (AvgIpc) is 3.03. The van der Waals surface area contributed by atoms with Crippen LogP contribution >= 0.6 is 12.4 Å². The molecule has 1 heterocycles. The first-order chi connectivity index (χ1) is 11.5. The Hall–Kier alpha value is -1.98. The van der Waals surface area contributed by atoms with Gasteiger partial charge in [0.25, 0.3) is 5.91 Å². The zero-order chi connectivity index (χ0) is 17.5. The molecule has 0 saturated carbocycles. The molecule has 1 aromatic heterocycles. The molecule has 3 N–H and O–H groups in total. The minimum absolute atomic E-state index is 0. The number of ether oxygens (including phenoxy) is 1. The Morgan fingerprint density at radius 3 is 2.48 bits per heavy atom. The molecule has 0 fully saturated rings. The molecule has 0 radical (unpaired) electrons. The summed E-state index contributed by atoms with van der Waals surface area (Å²) >= 11 is 0. The number of carbonyl (C=O) groups is 1. The number of halogens is 1. The highest BCUT2D eigenvalue weighted by atomic mass is 35.5. The Labute approximate surface area is 155 Å². The van der Waals surface area contributed by atoms with E-state index in [0.717, 1.165) is 18.6 Å². The van der Waals surface area contributed by atoms with Gasteiger partial charge in [-0.3, -0.25) is 4.79 Å². The molecule has 2 aromatic rings. The number of nitrogens with one attached hydrogen (secondary N) is 1. The highest BCUT2D eigenvalue weighted by molar-refractivity contribution is 5.94. The molecule has 0 bridgehead atoms. The third-order valence-electron chi connectivity index (χ3n) is 3.66. The summed E-state index contributed by atoms with van der Waals surface area (Å²) in [5, 5.41) is 2.98. The predicted octanol–water partition coefficient (Wildman–Crippen LogP) is 3.70. The average molecular weight is 367 g/mol. The smallest absolute Gasteiger partial charge is 0.254 e. The molecular formula is C19H27ClN2O3. The number of furan rings is 1. The molecule has 1 unspecified atom stereocenters. The fraction of sp³-hybridized carbons (Fsp3) is 0.421. The van der Waals surface area contributed by atoms with Gasteiger partial charge in [-0.25, -0.2) is 0 Å². The van der Waals surface area contributed by atoms with Crippen LogP contribution in [0.25, 0.3) is 0 Å². The lowest BCUT2D eigenvalue weighted by Crippen LogP contribution is -2.32. The predicted molar refractivity (Wildman–Crippen MR) is 101 cm³/mol. The third-order valence-corrected chi connectivity index (χ3v) is 3.66. The minimum Gasteiger partial charge on any atom is -0.491 e. The lowest BCUT2D eigenvalue weighted by Gasteiger charge is -2.14. The summed E-state index contributed by atoms with van der Waals surface area (Å²) in [4.78, 5) is 12.1. The Balaban J connectivity index is 0.00000312. The van der Waals surface area contributed by atoms with E-state index in [0.29, 0.717) is 17.9 Å². The Kier molecular flexibility index (Phi) is 8.52. The molecular weight excluding hydrogens is 340 g/mol. The fourth-order valence-electron chi connectivity index (χ4n) is 2.38. The van der Waals surface area contributed by atoms with E-state index in [1.807, 2.05) is 32.9 Å². The minimum atomic E-state index is -0.133. The summed E-state index contributed by atoms with van der Waals surface area (Å²) in [5.74, 6) is 1.36. The van der Waals surface area contributed by atoms with Crippen molar-refractivity contribution in [2.24, 2.45) is 5.73 Å². The SMILES string of the molecule is CC(CCc1ccc(OC(C)C)cc1)NC(=O)c1coc(CN)c1.Cl. The number of rotatable bonds is 8. The highest BCUT2D eigenvalue weighted by Crippen LogP contribution is 2.15. The van der Waals surface area contributed by atoms with Crippen molar-refractivity contribution in [3.8, 4) is 5.75 Å². The van der Waals surface area contributed by atoms with Gasteiger partial charge < -0.3 is 20.2 Å². The first-order valence-corrected chi connectivity index (χ1v) is 8.32. The number of aryl methyl sites for hydroxylation is 1. The first kappa shape index (κ1) is 21.1.